The van der Waals surface area contributed by atoms with Crippen molar-refractivity contribution in [3.63, 3.8) is 0 Å². The summed E-state index contributed by atoms with van der Waals surface area (Å²) >= 11 is 5.99. The molecule has 1 saturated carbocycles. The quantitative estimate of drug-likeness (QED) is 0.455. The number of aromatic amines is 1. The number of amides is 2. The number of hydrogen-bond donors (Lipinski definition) is 1. The van der Waals surface area contributed by atoms with Gasteiger partial charge in [0.2, 0.25) is 0 Å². The van der Waals surface area contributed by atoms with E-state index in [9.17, 15) is 9.59 Å². The van der Waals surface area contributed by atoms with Gasteiger partial charge >= 0.3 is 0 Å². The van der Waals surface area contributed by atoms with Gasteiger partial charge in [-0.2, -0.15) is 15.4 Å². The number of fused-ring (bicyclic) bond motifs is 5. The first kappa shape index (κ1) is 21.6. The van der Waals surface area contributed by atoms with Crippen LogP contribution >= 0.6 is 11.6 Å². The Bertz CT molecular complexity index is 1460. The third-order valence-electron chi connectivity index (χ3n) is 8.37. The summed E-state index contributed by atoms with van der Waals surface area (Å²) in [5.74, 6) is 2.05. The lowest BCUT2D eigenvalue weighted by atomic mass is 9.60. The second-order valence-electron chi connectivity index (χ2n) is 10.2. The maximum Gasteiger partial charge on any atom is 0.253 e. The van der Waals surface area contributed by atoms with E-state index in [-0.39, 0.29) is 11.8 Å². The van der Waals surface area contributed by atoms with Crippen molar-refractivity contribution < 1.29 is 9.59 Å². The first-order valence-electron chi connectivity index (χ1n) is 12.3. The summed E-state index contributed by atoms with van der Waals surface area (Å²) in [6, 6.07) is 21.0. The molecule has 7 nitrogen and oxygen atoms in total. The second-order valence-corrected chi connectivity index (χ2v) is 10.6. The predicted molar refractivity (Wildman–Crippen MR) is 137 cm³/mol. The summed E-state index contributed by atoms with van der Waals surface area (Å²) in [7, 11) is 0. The van der Waals surface area contributed by atoms with E-state index in [1.165, 1.54) is 0 Å². The molecule has 1 N–H and O–H groups in total. The van der Waals surface area contributed by atoms with Gasteiger partial charge in [-0.25, -0.2) is 0 Å². The van der Waals surface area contributed by atoms with Crippen molar-refractivity contribution in [3.05, 3.63) is 82.9 Å². The summed E-state index contributed by atoms with van der Waals surface area (Å²) in [5, 5.41) is 11.5. The molecule has 1 aliphatic carbocycles. The van der Waals surface area contributed by atoms with Crippen LogP contribution in [0.2, 0.25) is 5.02 Å². The van der Waals surface area contributed by atoms with E-state index in [1.54, 1.807) is 6.07 Å². The van der Waals surface area contributed by atoms with Crippen LogP contribution in [-0.4, -0.2) is 63.2 Å². The Morgan fingerprint density at radius 2 is 1.14 bits per heavy atom. The number of hydrogen-bond acceptors (Lipinski definition) is 4. The van der Waals surface area contributed by atoms with Gasteiger partial charge in [0.1, 0.15) is 11.0 Å². The van der Waals surface area contributed by atoms with Crippen LogP contribution in [0.15, 0.2) is 66.7 Å². The average Bonchev–Trinajstić information content (AvgIpc) is 3.62. The average molecular weight is 498 g/mol. The largest absolute Gasteiger partial charge is 0.338 e. The highest BCUT2D eigenvalue weighted by Gasteiger charge is 2.59. The first-order chi connectivity index (χ1) is 17.5. The third kappa shape index (κ3) is 3.41. The first-order valence-corrected chi connectivity index (χ1v) is 12.7. The Balaban J connectivity index is 1.00. The lowest BCUT2D eigenvalue weighted by Crippen LogP contribution is -2.44. The Morgan fingerprint density at radius 3 is 1.72 bits per heavy atom. The molecule has 3 heterocycles. The number of benzene rings is 3. The monoisotopic (exact) mass is 497 g/mol. The molecule has 0 spiro atoms. The second kappa shape index (κ2) is 8.17. The number of carbonyl (C=O) groups excluding carboxylic acids is 2. The van der Waals surface area contributed by atoms with Crippen molar-refractivity contribution in [3.8, 4) is 11.1 Å². The lowest BCUT2D eigenvalue weighted by molar-refractivity contribution is 0.0629. The molecule has 2 amide bonds. The van der Waals surface area contributed by atoms with Gasteiger partial charge in [-0.05, 0) is 77.3 Å². The van der Waals surface area contributed by atoms with E-state index < -0.39 is 0 Å². The molecule has 0 radical (unpaired) electrons. The van der Waals surface area contributed by atoms with Crippen LogP contribution in [0, 0.1) is 23.7 Å². The van der Waals surface area contributed by atoms with E-state index in [0.717, 1.165) is 48.4 Å². The molecule has 7 rings (SSSR count). The van der Waals surface area contributed by atoms with Gasteiger partial charge in [0.25, 0.3) is 11.8 Å². The van der Waals surface area contributed by atoms with Crippen molar-refractivity contribution >= 4 is 34.4 Å². The molecule has 1 aromatic heterocycles. The number of H-pyrrole nitrogens is 1. The van der Waals surface area contributed by atoms with Gasteiger partial charge < -0.3 is 9.80 Å². The Labute approximate surface area is 213 Å². The molecule has 180 valence electrons. The maximum atomic E-state index is 13.3. The number of halogens is 1. The highest BCUT2D eigenvalue weighted by molar-refractivity contribution is 6.30. The highest BCUT2D eigenvalue weighted by atomic mass is 35.5. The van der Waals surface area contributed by atoms with E-state index in [0.29, 0.717) is 39.8 Å². The van der Waals surface area contributed by atoms with Crippen molar-refractivity contribution in [2.24, 2.45) is 23.7 Å². The summed E-state index contributed by atoms with van der Waals surface area (Å²) in [4.78, 5) is 30.4. The molecule has 3 aliphatic rings. The summed E-state index contributed by atoms with van der Waals surface area (Å²) < 4.78 is 0. The zero-order chi connectivity index (χ0) is 24.4. The fourth-order valence-electron chi connectivity index (χ4n) is 6.49. The summed E-state index contributed by atoms with van der Waals surface area (Å²) in [6.45, 7) is 3.08. The minimum atomic E-state index is 0.0566. The minimum absolute atomic E-state index is 0.0566. The minimum Gasteiger partial charge on any atom is -0.338 e. The van der Waals surface area contributed by atoms with Crippen LogP contribution in [0.4, 0.5) is 0 Å². The third-order valence-corrected chi connectivity index (χ3v) is 8.62. The smallest absolute Gasteiger partial charge is 0.253 e. The van der Waals surface area contributed by atoms with Gasteiger partial charge in [-0.3, -0.25) is 9.59 Å². The molecule has 4 atom stereocenters. The topological polar surface area (TPSA) is 82.2 Å². The fourth-order valence-corrected chi connectivity index (χ4v) is 6.62. The van der Waals surface area contributed by atoms with Crippen molar-refractivity contribution in [2.75, 3.05) is 26.2 Å². The van der Waals surface area contributed by atoms with Crippen molar-refractivity contribution in [1.82, 2.24) is 25.2 Å². The Morgan fingerprint density at radius 1 is 0.667 bits per heavy atom. The molecule has 0 unspecified atom stereocenters. The molecule has 3 fully saturated rings. The number of likely N-dealkylation sites (tertiary alicyclic amines) is 2. The fraction of sp³-hybridized carbons (Fsp3) is 0.286. The number of nitrogens with one attached hydrogen (secondary N) is 1. The van der Waals surface area contributed by atoms with Gasteiger partial charge in [-0.1, -0.05) is 35.9 Å². The zero-order valence-corrected chi connectivity index (χ0v) is 20.2. The normalized spacial score (nSPS) is 24.5. The Hall–Kier alpha value is -3.71. The molecule has 0 bridgehead atoms. The highest BCUT2D eigenvalue weighted by Crippen LogP contribution is 2.54. The zero-order valence-electron chi connectivity index (χ0n) is 19.5. The molecule has 8 heteroatoms. The van der Waals surface area contributed by atoms with Gasteiger partial charge in [0.15, 0.2) is 0 Å². The molecule has 2 saturated heterocycles. The van der Waals surface area contributed by atoms with Crippen LogP contribution in [0.3, 0.4) is 0 Å². The van der Waals surface area contributed by atoms with Crippen LogP contribution < -0.4 is 0 Å². The summed E-state index contributed by atoms with van der Waals surface area (Å²) in [5.41, 5.74) is 4.97. The molecule has 3 aromatic carbocycles. The molecule has 2 aliphatic heterocycles. The molecule has 36 heavy (non-hydrogen) atoms. The van der Waals surface area contributed by atoms with Gasteiger partial charge in [0, 0.05) is 42.3 Å². The predicted octanol–water partition coefficient (Wildman–Crippen LogP) is 4.37. The standard InChI is InChI=1S/C28H24ClN5O2/c29-20-8-5-17(6-9-20)16-1-3-18(4-2-16)27(35)33-12-21-22(13-33)24-15-34(14-23(21)24)28(36)19-7-10-25-26(11-19)31-32-30-25/h1-11,21-24H,12-15H2,(H,30,31,32)/t21-,22+,23+,24-. The van der Waals surface area contributed by atoms with Gasteiger partial charge in [-0.15, -0.1) is 0 Å². The van der Waals surface area contributed by atoms with Crippen LogP contribution in [0.1, 0.15) is 20.7 Å². The van der Waals surface area contributed by atoms with Gasteiger partial charge in [0.05, 0.1) is 0 Å². The van der Waals surface area contributed by atoms with Crippen molar-refractivity contribution in [2.45, 2.75) is 0 Å². The number of rotatable bonds is 3. The SMILES string of the molecule is O=C(c1ccc(-c2ccc(Cl)cc2)cc1)N1C[C@@H]2[C@H](C1)[C@H]1CN(C(=O)c3ccc4n[nH]nc4c3)C[C@@H]21. The lowest BCUT2D eigenvalue weighted by Gasteiger charge is -2.42. The van der Waals surface area contributed by atoms with Crippen LogP contribution in [0.25, 0.3) is 22.2 Å². The maximum absolute atomic E-state index is 13.3. The number of aromatic nitrogens is 3. The molecular weight excluding hydrogens is 474 g/mol. The Kier molecular flexibility index (Phi) is 4.89. The molecule has 4 aromatic rings. The van der Waals surface area contributed by atoms with E-state index in [1.807, 2.05) is 70.5 Å². The van der Waals surface area contributed by atoms with E-state index in [4.69, 9.17) is 11.6 Å². The molecular formula is C28H24ClN5O2. The number of nitrogens with zero attached hydrogens (tertiary/aromatic N) is 4. The summed E-state index contributed by atoms with van der Waals surface area (Å²) in [6.07, 6.45) is 0. The van der Waals surface area contributed by atoms with E-state index in [2.05, 4.69) is 15.4 Å². The van der Waals surface area contributed by atoms with Crippen LogP contribution in [-0.2, 0) is 0 Å². The van der Waals surface area contributed by atoms with E-state index >= 15 is 0 Å². The van der Waals surface area contributed by atoms with Crippen LogP contribution in [0.5, 0.6) is 0 Å². The number of carbonyl (C=O) groups is 2. The van der Waals surface area contributed by atoms with Crippen molar-refractivity contribution in [1.29, 1.82) is 0 Å².